The maximum absolute atomic E-state index is 11.6. The van der Waals surface area contributed by atoms with Crippen LogP contribution in [0.4, 0.5) is 0 Å². The third-order valence-corrected chi connectivity index (χ3v) is 4.86. The highest BCUT2D eigenvalue weighted by Crippen LogP contribution is 2.45. The highest BCUT2D eigenvalue weighted by Gasteiger charge is 2.37. The van der Waals surface area contributed by atoms with Crippen LogP contribution in [0.2, 0.25) is 0 Å². The second-order valence-electron chi connectivity index (χ2n) is 5.87. The number of likely N-dealkylation sites (tertiary alicyclic amines) is 1. The van der Waals surface area contributed by atoms with Gasteiger partial charge in [-0.1, -0.05) is 12.8 Å². The van der Waals surface area contributed by atoms with Crippen molar-refractivity contribution in [3.05, 3.63) is 0 Å². The van der Waals surface area contributed by atoms with Gasteiger partial charge < -0.3 is 15.0 Å². The molecular formula is C14H26N2O2. The molecule has 4 heteroatoms. The van der Waals surface area contributed by atoms with E-state index in [4.69, 9.17) is 4.74 Å². The van der Waals surface area contributed by atoms with E-state index in [1.54, 1.807) is 0 Å². The fourth-order valence-electron chi connectivity index (χ4n) is 3.52. The number of esters is 1. The zero-order chi connectivity index (χ0) is 13.0. The number of nitrogens with zero attached hydrogens (tertiary/aromatic N) is 1. The van der Waals surface area contributed by atoms with Gasteiger partial charge in [0.1, 0.15) is 6.04 Å². The molecule has 0 radical (unpaired) electrons. The van der Waals surface area contributed by atoms with Crippen molar-refractivity contribution in [2.24, 2.45) is 5.41 Å². The minimum absolute atomic E-state index is 0.154. The number of methoxy groups -OCH3 is 1. The number of nitrogens with one attached hydrogen (secondary N) is 1. The number of carbonyl (C=O) groups excluding carboxylic acids is 1. The summed E-state index contributed by atoms with van der Waals surface area (Å²) in [4.78, 5) is 14.0. The summed E-state index contributed by atoms with van der Waals surface area (Å²) in [7, 11) is 3.28. The van der Waals surface area contributed by atoms with Crippen LogP contribution in [0, 0.1) is 5.41 Å². The zero-order valence-corrected chi connectivity index (χ0v) is 11.7. The van der Waals surface area contributed by atoms with Gasteiger partial charge in [-0.25, -0.2) is 0 Å². The van der Waals surface area contributed by atoms with Gasteiger partial charge in [0.25, 0.3) is 0 Å². The molecule has 1 N–H and O–H groups in total. The Morgan fingerprint density at radius 3 is 2.39 bits per heavy atom. The molecule has 1 heterocycles. The Balaban J connectivity index is 1.80. The Hall–Kier alpha value is -0.610. The number of rotatable bonds is 4. The molecule has 0 aromatic heterocycles. The number of likely N-dealkylation sites (N-methyl/N-ethyl adjacent to an activating group) is 1. The third kappa shape index (κ3) is 3.04. The molecule has 0 amide bonds. The van der Waals surface area contributed by atoms with Crippen LogP contribution in [0.25, 0.3) is 0 Å². The first-order valence-electron chi connectivity index (χ1n) is 7.16. The van der Waals surface area contributed by atoms with Gasteiger partial charge in [-0.3, -0.25) is 4.79 Å². The highest BCUT2D eigenvalue weighted by atomic mass is 16.5. The predicted molar refractivity (Wildman–Crippen MR) is 71.4 cm³/mol. The van der Waals surface area contributed by atoms with Crippen LogP contribution in [0.5, 0.6) is 0 Å². The van der Waals surface area contributed by atoms with E-state index in [0.29, 0.717) is 5.41 Å². The molecule has 1 saturated carbocycles. The van der Waals surface area contributed by atoms with Crippen molar-refractivity contribution in [2.75, 3.05) is 33.8 Å². The van der Waals surface area contributed by atoms with Crippen molar-refractivity contribution in [1.29, 1.82) is 0 Å². The summed E-state index contributed by atoms with van der Waals surface area (Å²) in [5, 5.41) is 3.04. The quantitative estimate of drug-likeness (QED) is 0.770. The van der Waals surface area contributed by atoms with Gasteiger partial charge >= 0.3 is 5.97 Å². The molecule has 0 bridgehead atoms. The lowest BCUT2D eigenvalue weighted by molar-refractivity contribution is -0.143. The van der Waals surface area contributed by atoms with Crippen LogP contribution < -0.4 is 5.32 Å². The number of ether oxygens (including phenoxy) is 1. The summed E-state index contributed by atoms with van der Waals surface area (Å²) in [5.41, 5.74) is 0.650. The van der Waals surface area contributed by atoms with Gasteiger partial charge in [0.15, 0.2) is 0 Å². The topological polar surface area (TPSA) is 41.6 Å². The Morgan fingerprint density at radius 1 is 1.28 bits per heavy atom. The Kier molecular flexibility index (Phi) is 4.62. The first-order valence-corrected chi connectivity index (χ1v) is 7.16. The van der Waals surface area contributed by atoms with Gasteiger partial charge in [0, 0.05) is 6.54 Å². The molecular weight excluding hydrogens is 228 g/mol. The molecule has 1 atom stereocenters. The first kappa shape index (κ1) is 13.8. The SMILES string of the molecule is CNC(CN1CCC2(CCCC2)CC1)C(=O)OC. The maximum Gasteiger partial charge on any atom is 0.324 e. The molecule has 4 nitrogen and oxygen atoms in total. The minimum Gasteiger partial charge on any atom is -0.468 e. The molecule has 2 rings (SSSR count). The number of hydrogen-bond acceptors (Lipinski definition) is 4. The van der Waals surface area contributed by atoms with Gasteiger partial charge in [-0.05, 0) is 51.2 Å². The molecule has 104 valence electrons. The monoisotopic (exact) mass is 254 g/mol. The largest absolute Gasteiger partial charge is 0.468 e. The maximum atomic E-state index is 11.6. The lowest BCUT2D eigenvalue weighted by Gasteiger charge is -2.40. The fraction of sp³-hybridized carbons (Fsp3) is 0.929. The van der Waals surface area contributed by atoms with Crippen molar-refractivity contribution < 1.29 is 9.53 Å². The van der Waals surface area contributed by atoms with Crippen LogP contribution in [0.1, 0.15) is 38.5 Å². The van der Waals surface area contributed by atoms with E-state index < -0.39 is 0 Å². The summed E-state index contributed by atoms with van der Waals surface area (Å²) < 4.78 is 4.81. The first-order chi connectivity index (χ1) is 8.69. The van der Waals surface area contributed by atoms with Gasteiger partial charge in [0.05, 0.1) is 7.11 Å². The van der Waals surface area contributed by atoms with Crippen molar-refractivity contribution in [1.82, 2.24) is 10.2 Å². The predicted octanol–water partition coefficient (Wildman–Crippen LogP) is 1.40. The number of carbonyl (C=O) groups is 1. The Labute approximate surface area is 110 Å². The minimum atomic E-state index is -0.187. The molecule has 1 aliphatic carbocycles. The van der Waals surface area contributed by atoms with E-state index in [-0.39, 0.29) is 12.0 Å². The second-order valence-corrected chi connectivity index (χ2v) is 5.87. The molecule has 2 fully saturated rings. The van der Waals surface area contributed by atoms with Crippen LogP contribution in [0.15, 0.2) is 0 Å². The second kappa shape index (κ2) is 6.02. The van der Waals surface area contributed by atoms with Crippen LogP contribution in [-0.4, -0.2) is 50.7 Å². The summed E-state index contributed by atoms with van der Waals surface area (Å²) >= 11 is 0. The van der Waals surface area contributed by atoms with E-state index in [9.17, 15) is 4.79 Å². The summed E-state index contributed by atoms with van der Waals surface area (Å²) in [6, 6.07) is -0.187. The average Bonchev–Trinajstić information content (AvgIpc) is 2.86. The van der Waals surface area contributed by atoms with Gasteiger partial charge in [-0.15, -0.1) is 0 Å². The van der Waals surface area contributed by atoms with Crippen LogP contribution in [0.3, 0.4) is 0 Å². The van der Waals surface area contributed by atoms with Crippen LogP contribution >= 0.6 is 0 Å². The van der Waals surface area contributed by atoms with Crippen molar-refractivity contribution in [3.8, 4) is 0 Å². The van der Waals surface area contributed by atoms with Gasteiger partial charge in [-0.2, -0.15) is 0 Å². The lowest BCUT2D eigenvalue weighted by Crippen LogP contribution is -2.48. The van der Waals surface area contributed by atoms with Crippen molar-refractivity contribution >= 4 is 5.97 Å². The Morgan fingerprint density at radius 2 is 1.89 bits per heavy atom. The summed E-state index contributed by atoms with van der Waals surface area (Å²) in [5.74, 6) is -0.154. The summed E-state index contributed by atoms with van der Waals surface area (Å²) in [6.07, 6.45) is 8.30. The molecule has 0 aromatic rings. The number of hydrogen-bond donors (Lipinski definition) is 1. The smallest absolute Gasteiger partial charge is 0.324 e. The van der Waals surface area contributed by atoms with E-state index in [1.807, 2.05) is 7.05 Å². The normalized spacial score (nSPS) is 25.2. The molecule has 0 aromatic carbocycles. The van der Waals surface area contributed by atoms with Crippen molar-refractivity contribution in [3.63, 3.8) is 0 Å². The molecule has 2 aliphatic rings. The van der Waals surface area contributed by atoms with E-state index in [1.165, 1.54) is 45.6 Å². The fourth-order valence-corrected chi connectivity index (χ4v) is 3.52. The lowest BCUT2D eigenvalue weighted by atomic mass is 9.77. The zero-order valence-electron chi connectivity index (χ0n) is 11.7. The standard InChI is InChI=1S/C14H26N2O2/c1-15-12(13(17)18-2)11-16-9-7-14(8-10-16)5-3-4-6-14/h12,15H,3-11H2,1-2H3. The molecule has 1 spiro atoms. The van der Waals surface area contributed by atoms with E-state index >= 15 is 0 Å². The van der Waals surface area contributed by atoms with E-state index in [0.717, 1.165) is 19.6 Å². The summed E-state index contributed by atoms with van der Waals surface area (Å²) in [6.45, 7) is 3.05. The molecule has 18 heavy (non-hydrogen) atoms. The molecule has 1 unspecified atom stereocenters. The Bertz CT molecular complexity index is 278. The average molecular weight is 254 g/mol. The van der Waals surface area contributed by atoms with Crippen molar-refractivity contribution in [2.45, 2.75) is 44.6 Å². The number of piperidine rings is 1. The molecule has 1 aliphatic heterocycles. The van der Waals surface area contributed by atoms with E-state index in [2.05, 4.69) is 10.2 Å². The van der Waals surface area contributed by atoms with Gasteiger partial charge in [0.2, 0.25) is 0 Å². The highest BCUT2D eigenvalue weighted by molar-refractivity contribution is 5.75. The van der Waals surface area contributed by atoms with Crippen LogP contribution in [-0.2, 0) is 9.53 Å². The molecule has 1 saturated heterocycles. The third-order valence-electron chi connectivity index (χ3n) is 4.86.